The SMILES string of the molecule is Cc1ccc(C2(C(=O)N3C[C@H](C(=O)O)[C@H](c4ccccc4)C3)CCOCC2)cc1. The maximum atomic E-state index is 13.8. The summed E-state index contributed by atoms with van der Waals surface area (Å²) >= 11 is 0. The van der Waals surface area contributed by atoms with E-state index in [-0.39, 0.29) is 18.4 Å². The molecule has 0 aliphatic carbocycles. The second kappa shape index (κ2) is 7.99. The Morgan fingerprint density at radius 2 is 1.66 bits per heavy atom. The number of hydrogen-bond donors (Lipinski definition) is 1. The molecular weight excluding hydrogens is 366 g/mol. The van der Waals surface area contributed by atoms with E-state index in [1.165, 1.54) is 0 Å². The molecule has 5 nitrogen and oxygen atoms in total. The van der Waals surface area contributed by atoms with Crippen LogP contribution >= 0.6 is 0 Å². The van der Waals surface area contributed by atoms with E-state index in [0.29, 0.717) is 32.6 Å². The zero-order valence-corrected chi connectivity index (χ0v) is 16.7. The Morgan fingerprint density at radius 3 is 2.28 bits per heavy atom. The van der Waals surface area contributed by atoms with E-state index in [4.69, 9.17) is 4.74 Å². The van der Waals surface area contributed by atoms with E-state index in [2.05, 4.69) is 0 Å². The van der Waals surface area contributed by atoms with Crippen molar-refractivity contribution in [3.8, 4) is 0 Å². The fourth-order valence-corrected chi connectivity index (χ4v) is 4.78. The predicted molar refractivity (Wildman–Crippen MR) is 110 cm³/mol. The lowest BCUT2D eigenvalue weighted by Gasteiger charge is -2.39. The van der Waals surface area contributed by atoms with Crippen molar-refractivity contribution in [3.05, 3.63) is 71.3 Å². The van der Waals surface area contributed by atoms with Crippen LogP contribution in [0.4, 0.5) is 0 Å². The van der Waals surface area contributed by atoms with Crippen molar-refractivity contribution in [2.45, 2.75) is 31.1 Å². The zero-order chi connectivity index (χ0) is 20.4. The molecule has 5 heteroatoms. The Hall–Kier alpha value is -2.66. The lowest BCUT2D eigenvalue weighted by molar-refractivity contribution is -0.143. The van der Waals surface area contributed by atoms with Crippen LogP contribution in [0.25, 0.3) is 0 Å². The van der Waals surface area contributed by atoms with Gasteiger partial charge in [0, 0.05) is 32.2 Å². The number of benzene rings is 2. The summed E-state index contributed by atoms with van der Waals surface area (Å²) in [6.45, 7) is 3.80. The highest BCUT2D eigenvalue weighted by atomic mass is 16.5. The van der Waals surface area contributed by atoms with E-state index in [9.17, 15) is 14.7 Å². The Bertz CT molecular complexity index is 872. The molecule has 2 saturated heterocycles. The van der Waals surface area contributed by atoms with Gasteiger partial charge in [-0.25, -0.2) is 0 Å². The third kappa shape index (κ3) is 3.67. The van der Waals surface area contributed by atoms with Crippen molar-refractivity contribution in [1.29, 1.82) is 0 Å². The predicted octanol–water partition coefficient (Wildman–Crippen LogP) is 3.37. The molecule has 29 heavy (non-hydrogen) atoms. The van der Waals surface area contributed by atoms with Crippen LogP contribution in [0.5, 0.6) is 0 Å². The van der Waals surface area contributed by atoms with Gasteiger partial charge >= 0.3 is 5.97 Å². The Morgan fingerprint density at radius 1 is 1.00 bits per heavy atom. The van der Waals surface area contributed by atoms with Crippen LogP contribution in [0.1, 0.15) is 35.4 Å². The second-order valence-electron chi connectivity index (χ2n) is 8.23. The van der Waals surface area contributed by atoms with Crippen LogP contribution in [-0.2, 0) is 19.7 Å². The highest BCUT2D eigenvalue weighted by Crippen LogP contribution is 2.41. The number of ether oxygens (including phenoxy) is 1. The molecule has 2 fully saturated rings. The van der Waals surface area contributed by atoms with Gasteiger partial charge in [0.05, 0.1) is 11.3 Å². The van der Waals surface area contributed by atoms with E-state index < -0.39 is 17.3 Å². The van der Waals surface area contributed by atoms with Gasteiger partial charge in [-0.2, -0.15) is 0 Å². The minimum absolute atomic E-state index is 0.0364. The van der Waals surface area contributed by atoms with Crippen LogP contribution < -0.4 is 0 Å². The monoisotopic (exact) mass is 393 g/mol. The van der Waals surface area contributed by atoms with Gasteiger partial charge in [0.15, 0.2) is 0 Å². The second-order valence-corrected chi connectivity index (χ2v) is 8.23. The molecule has 2 aliphatic heterocycles. The van der Waals surface area contributed by atoms with Crippen LogP contribution in [0.2, 0.25) is 0 Å². The summed E-state index contributed by atoms with van der Waals surface area (Å²) in [5.41, 5.74) is 2.50. The molecule has 2 atom stereocenters. The first-order valence-electron chi connectivity index (χ1n) is 10.2. The third-order valence-electron chi connectivity index (χ3n) is 6.51. The molecule has 1 N–H and O–H groups in total. The number of carbonyl (C=O) groups is 2. The number of carboxylic acids is 1. The quantitative estimate of drug-likeness (QED) is 0.865. The first-order chi connectivity index (χ1) is 14.0. The maximum absolute atomic E-state index is 13.8. The first kappa shape index (κ1) is 19.6. The minimum Gasteiger partial charge on any atom is -0.481 e. The molecule has 0 saturated carbocycles. The number of carbonyl (C=O) groups excluding carboxylic acids is 1. The molecule has 0 unspecified atom stereocenters. The lowest BCUT2D eigenvalue weighted by atomic mass is 9.73. The standard InChI is InChI=1S/C24H27NO4/c1-17-7-9-19(10-8-17)24(11-13-29-14-12-24)23(28)25-15-20(21(16-25)22(26)27)18-5-3-2-4-6-18/h2-10,20-21H,11-16H2,1H3,(H,26,27)/t20-,21-/m0/s1. The summed E-state index contributed by atoms with van der Waals surface area (Å²) in [6, 6.07) is 17.8. The summed E-state index contributed by atoms with van der Waals surface area (Å²) in [5.74, 6) is -1.58. The highest BCUT2D eigenvalue weighted by Gasteiger charge is 2.48. The summed E-state index contributed by atoms with van der Waals surface area (Å²) in [6.07, 6.45) is 1.25. The molecule has 152 valence electrons. The third-order valence-corrected chi connectivity index (χ3v) is 6.51. The summed E-state index contributed by atoms with van der Waals surface area (Å²) in [4.78, 5) is 27.6. The van der Waals surface area contributed by atoms with Crippen LogP contribution in [0.3, 0.4) is 0 Å². The lowest BCUT2D eigenvalue weighted by Crippen LogP contribution is -2.49. The smallest absolute Gasteiger partial charge is 0.308 e. The van der Waals surface area contributed by atoms with Crippen molar-refractivity contribution >= 4 is 11.9 Å². The van der Waals surface area contributed by atoms with Crippen molar-refractivity contribution < 1.29 is 19.4 Å². The van der Waals surface area contributed by atoms with Gasteiger partial charge in [0.25, 0.3) is 0 Å². The number of carboxylic acid groups (broad SMARTS) is 1. The number of rotatable bonds is 4. The average molecular weight is 393 g/mol. The Labute approximate surface area is 171 Å². The average Bonchev–Trinajstić information content (AvgIpc) is 3.21. The Balaban J connectivity index is 1.66. The molecular formula is C24H27NO4. The molecule has 2 aromatic rings. The minimum atomic E-state index is -0.842. The van der Waals surface area contributed by atoms with Gasteiger partial charge in [-0.15, -0.1) is 0 Å². The van der Waals surface area contributed by atoms with Crippen molar-refractivity contribution in [1.82, 2.24) is 4.90 Å². The largest absolute Gasteiger partial charge is 0.481 e. The normalized spacial score (nSPS) is 23.7. The fraction of sp³-hybridized carbons (Fsp3) is 0.417. The molecule has 0 radical (unpaired) electrons. The van der Waals surface area contributed by atoms with Crippen LogP contribution in [-0.4, -0.2) is 48.2 Å². The van der Waals surface area contributed by atoms with E-state index >= 15 is 0 Å². The topological polar surface area (TPSA) is 66.8 Å². The molecule has 1 amide bonds. The first-order valence-corrected chi connectivity index (χ1v) is 10.2. The molecule has 0 aromatic heterocycles. The number of hydrogen-bond acceptors (Lipinski definition) is 3. The number of likely N-dealkylation sites (tertiary alicyclic amines) is 1. The highest BCUT2D eigenvalue weighted by molar-refractivity contribution is 5.89. The number of aliphatic carboxylic acids is 1. The van der Waals surface area contributed by atoms with Gasteiger partial charge in [0.1, 0.15) is 0 Å². The van der Waals surface area contributed by atoms with Gasteiger partial charge in [0.2, 0.25) is 5.91 Å². The molecule has 4 rings (SSSR count). The number of nitrogens with zero attached hydrogens (tertiary/aromatic N) is 1. The summed E-state index contributed by atoms with van der Waals surface area (Å²) in [7, 11) is 0. The Kier molecular flexibility index (Phi) is 5.41. The molecule has 0 bridgehead atoms. The molecule has 2 heterocycles. The number of amides is 1. The van der Waals surface area contributed by atoms with E-state index in [1.807, 2.05) is 61.5 Å². The van der Waals surface area contributed by atoms with Crippen LogP contribution in [0, 0.1) is 12.8 Å². The fourth-order valence-electron chi connectivity index (χ4n) is 4.78. The van der Waals surface area contributed by atoms with Crippen molar-refractivity contribution in [3.63, 3.8) is 0 Å². The van der Waals surface area contributed by atoms with E-state index in [1.54, 1.807) is 4.90 Å². The van der Waals surface area contributed by atoms with E-state index in [0.717, 1.165) is 16.7 Å². The van der Waals surface area contributed by atoms with Gasteiger partial charge in [-0.3, -0.25) is 9.59 Å². The molecule has 2 aromatic carbocycles. The summed E-state index contributed by atoms with van der Waals surface area (Å²) in [5, 5.41) is 9.81. The van der Waals surface area contributed by atoms with Crippen molar-refractivity contribution in [2.24, 2.45) is 5.92 Å². The molecule has 2 aliphatic rings. The zero-order valence-electron chi connectivity index (χ0n) is 16.7. The number of aryl methyl sites for hydroxylation is 1. The maximum Gasteiger partial charge on any atom is 0.308 e. The van der Waals surface area contributed by atoms with Crippen LogP contribution in [0.15, 0.2) is 54.6 Å². The van der Waals surface area contributed by atoms with Gasteiger partial charge in [-0.1, -0.05) is 60.2 Å². The van der Waals surface area contributed by atoms with Gasteiger partial charge < -0.3 is 14.7 Å². The summed E-state index contributed by atoms with van der Waals surface area (Å²) < 4.78 is 5.57. The van der Waals surface area contributed by atoms with Crippen molar-refractivity contribution in [2.75, 3.05) is 26.3 Å². The van der Waals surface area contributed by atoms with Gasteiger partial charge in [-0.05, 0) is 30.9 Å². The molecule has 0 spiro atoms.